The number of carbonyl (C=O) groups is 4. The number of carboxylic acids is 1. The molecule has 0 saturated heterocycles. The summed E-state index contributed by atoms with van der Waals surface area (Å²) in [5.41, 5.74) is 27.1. The number of amides is 1. The number of Topliss-reactive ketones (excluding diaryl/α,β-unsaturated/α-hetero) is 1. The van der Waals surface area contributed by atoms with Gasteiger partial charge in [0.1, 0.15) is 0 Å². The predicted molar refractivity (Wildman–Crippen MR) is 640 cm³/mol. The maximum atomic E-state index is 11.4. The lowest BCUT2D eigenvalue weighted by Gasteiger charge is -2.20. The number of nitrogen functional groups attached to an aromatic ring is 1. The average Bonchev–Trinajstić information content (AvgIpc) is 1.82. The Labute approximate surface area is 894 Å². The van der Waals surface area contributed by atoms with Crippen molar-refractivity contribution in [3.05, 3.63) is 329 Å². The summed E-state index contributed by atoms with van der Waals surface area (Å²) < 4.78 is 4.98. The predicted octanol–water partition coefficient (Wildman–Crippen LogP) is 33.0. The number of guanidine groups is 1. The molecule has 1 amide bonds. The molecule has 1 atom stereocenters. The van der Waals surface area contributed by atoms with Gasteiger partial charge in [-0.05, 0) is 94.8 Å². The number of aromatic nitrogens is 6. The number of nitrogens with two attached hydrogens (primary N) is 3. The fourth-order valence-electron chi connectivity index (χ4n) is 9.15. The van der Waals surface area contributed by atoms with Gasteiger partial charge >= 0.3 is 0 Å². The summed E-state index contributed by atoms with van der Waals surface area (Å²) in [5, 5.41) is 43.5. The van der Waals surface area contributed by atoms with Crippen molar-refractivity contribution in [1.29, 1.82) is 0 Å². The Hall–Kier alpha value is -14.8. The van der Waals surface area contributed by atoms with Gasteiger partial charge in [-0.15, -0.1) is 0 Å². The molecule has 13 rings (SSSR count). The SMILES string of the molecule is C1CC1.CC.CC.CC.CC.CC.CC.CC.CC.CC.CC(=O)Nc1cccc(Nc2nccc(-c3ccccc3)n2)c1.CC(=O)O.CC(=O)c1ccccc1.CCC.CCC.CCC.CCC.CCC.CN(C)/C=C/C(=O)c1ccccc1.CNC(OC)N(C)C.NC(N)=Nc1cccc([N+](=O)[O-])c1.Nc1cccc(Nc2nccc(-c3ccccc3)n2)c1.O=[N+]([O-])c1cccc(Nc2nccc(-c3ccccc3)n2)c1.[HH]. The molecule has 12 aromatic rings. The number of aliphatic imine (C=N–C) groups is 1. The maximum Gasteiger partial charge on any atom is 0.300 e. The number of nitrogens with zero attached hydrogens (tertiary/aromatic N) is 11. The second kappa shape index (κ2) is 113. The Bertz CT molecular complexity index is 5110. The van der Waals surface area contributed by atoms with Crippen LogP contribution in [0.5, 0.6) is 0 Å². The number of ether oxygens (including phenoxy) is 1. The van der Waals surface area contributed by atoms with E-state index >= 15 is 0 Å². The molecule has 0 aliphatic heterocycles. The van der Waals surface area contributed by atoms with Gasteiger partial charge in [-0.25, -0.2) is 34.9 Å². The highest BCUT2D eigenvalue weighted by molar-refractivity contribution is 6.04. The zero-order valence-electron chi connectivity index (χ0n) is 96.8. The van der Waals surface area contributed by atoms with Crippen LogP contribution >= 0.6 is 0 Å². The number of nitro benzene ring substituents is 2. The van der Waals surface area contributed by atoms with Gasteiger partial charge in [-0.2, -0.15) is 0 Å². The molecule has 1 aliphatic rings. The van der Waals surface area contributed by atoms with Crippen LogP contribution in [0.4, 0.5) is 63.3 Å². The highest BCUT2D eigenvalue weighted by Crippen LogP contribution is 2.26. The molecule has 0 spiro atoms. The summed E-state index contributed by atoms with van der Waals surface area (Å²) in [7, 11) is 11.2. The number of rotatable bonds is 20. The number of allylic oxidation sites excluding steroid dienone is 1. The van der Waals surface area contributed by atoms with Crippen LogP contribution in [-0.2, 0) is 14.3 Å². The van der Waals surface area contributed by atoms with Gasteiger partial charge < -0.3 is 53.2 Å². The van der Waals surface area contributed by atoms with Crippen LogP contribution < -0.4 is 43.8 Å². The van der Waals surface area contributed by atoms with Crippen molar-refractivity contribution < 1.29 is 40.3 Å². The van der Waals surface area contributed by atoms with Gasteiger partial charge in [0.05, 0.1) is 32.6 Å². The van der Waals surface area contributed by atoms with Gasteiger partial charge in [-0.1, -0.05) is 421 Å². The number of nitro groups is 2. The fraction of sp³-hybridized carbons (Fsp3) is 0.387. The number of carboxylic acid groups (broad SMARTS) is 1. The van der Waals surface area contributed by atoms with E-state index < -0.39 is 15.8 Å². The summed E-state index contributed by atoms with van der Waals surface area (Å²) in [4.78, 5) is 95.9. The molecule has 9 aromatic carbocycles. The van der Waals surface area contributed by atoms with Gasteiger partial charge in [0, 0.05) is 148 Å². The van der Waals surface area contributed by atoms with E-state index in [1.807, 2.05) is 388 Å². The summed E-state index contributed by atoms with van der Waals surface area (Å²) in [6, 6.07) is 80.5. The third-order valence-corrected chi connectivity index (χ3v) is 14.4. The summed E-state index contributed by atoms with van der Waals surface area (Å²) >= 11 is 0. The number of aliphatic carboxylic acids is 1. The second-order valence-corrected chi connectivity index (χ2v) is 28.2. The monoisotopic (exact) mass is 2050 g/mol. The van der Waals surface area contributed by atoms with Crippen LogP contribution in [0.15, 0.2) is 303 Å². The first-order valence-electron chi connectivity index (χ1n) is 51.7. The molecular weight excluding hydrogens is 1860 g/mol. The molecule has 29 nitrogen and oxygen atoms in total. The van der Waals surface area contributed by atoms with Gasteiger partial charge in [0.2, 0.25) is 23.8 Å². The highest BCUT2D eigenvalue weighted by Gasteiger charge is 2.11. The molecule has 3 heterocycles. The van der Waals surface area contributed by atoms with Crippen molar-refractivity contribution in [2.45, 2.75) is 272 Å². The van der Waals surface area contributed by atoms with E-state index in [1.165, 1.54) is 88.6 Å². The van der Waals surface area contributed by atoms with Crippen molar-refractivity contribution in [2.75, 3.05) is 69.3 Å². The summed E-state index contributed by atoms with van der Waals surface area (Å²) in [6.07, 6.45) is 19.2. The van der Waals surface area contributed by atoms with Crippen molar-refractivity contribution in [2.24, 2.45) is 16.5 Å². The Kier molecular flexibility index (Phi) is 117. The lowest BCUT2D eigenvalue weighted by atomic mass is 10.1. The first kappa shape index (κ1) is 153. The molecule has 148 heavy (non-hydrogen) atoms. The first-order valence-corrected chi connectivity index (χ1v) is 51.7. The lowest BCUT2D eigenvalue weighted by molar-refractivity contribution is -0.385. The molecular formula is C119H191N19O10. The minimum Gasteiger partial charge on any atom is -0.481 e. The van der Waals surface area contributed by atoms with Gasteiger partial charge in [0.25, 0.3) is 17.3 Å². The summed E-state index contributed by atoms with van der Waals surface area (Å²) in [5.74, 6) is 0.542. The largest absolute Gasteiger partial charge is 0.481 e. The minimum atomic E-state index is -0.833. The standard InChI is InChI=1S/C18H16N4O.C16H12N4O2.C16H14N4.C11H13NO.C8H8O.C7H8N4O2.C5H14N2O.C3H6.5C3H8.C2H4O2.9C2H6.H2/c1-13(23)20-15-8-5-9-16(12-15)21-18-19-11-10-17(22-18)14-6-3-2-4-7-14;21-20(22)14-8-4-7-13(11-14)18-16-17-10-9-15(19-16)12-5-2-1-3-6-12;17-13-7-4-8-14(11-13)19-16-18-10-9-15(20-16)12-5-2-1-3-6-12;1-12(2)9-8-11(13)10-6-4-3-5-7-10;1-7(9)8-5-3-2-4-6-8;8-7(9)10-5-2-1-3-6(4-5)11(12)13;1-6-5(8-4)7(2)3;1-2-3-1;5*1-3-2;1-2(3)4;9*1-2;/h2-12H,1H3,(H,20,23)(H,19,21,22);1-11H,(H,17,18,19);1-11H,17H2,(H,18,19,20);3-9H,1-2H3;2-6H,1H3;1-4H,(H4,8,9,10);5-6H,1-4H3;1-3H2;5*3H2,1-2H3;1H3,(H,3,4);9*1-2H3;1H/b;;;9-8+;;;;;;;;;;;;;;;;;;;;. The van der Waals surface area contributed by atoms with Crippen molar-refractivity contribution in [3.8, 4) is 33.8 Å². The van der Waals surface area contributed by atoms with E-state index in [1.54, 1.807) is 63.1 Å². The summed E-state index contributed by atoms with van der Waals surface area (Å²) in [6.45, 7) is 61.4. The Morgan fingerprint density at radius 1 is 0.426 bits per heavy atom. The van der Waals surface area contributed by atoms with Crippen molar-refractivity contribution >= 4 is 92.7 Å². The molecule has 0 bridgehead atoms. The van der Waals surface area contributed by atoms with E-state index in [9.17, 15) is 34.6 Å². The van der Waals surface area contributed by atoms with Crippen LogP contribution in [0, 0.1) is 20.2 Å². The number of ketones is 2. The smallest absolute Gasteiger partial charge is 0.300 e. The van der Waals surface area contributed by atoms with E-state index in [2.05, 4.69) is 131 Å². The lowest BCUT2D eigenvalue weighted by Crippen LogP contribution is -2.40. The Balaban J connectivity index is -0.000000159. The molecule has 0 radical (unpaired) electrons. The van der Waals surface area contributed by atoms with Crippen molar-refractivity contribution in [3.63, 3.8) is 0 Å². The number of hydrogen-bond acceptors (Lipinski definition) is 23. The van der Waals surface area contributed by atoms with E-state index in [0.717, 1.165) is 68.9 Å². The fourth-order valence-corrected chi connectivity index (χ4v) is 9.15. The van der Waals surface area contributed by atoms with E-state index in [-0.39, 0.29) is 42.6 Å². The maximum absolute atomic E-state index is 11.4. The minimum absolute atomic E-state index is 0. The number of benzene rings is 9. The van der Waals surface area contributed by atoms with Crippen LogP contribution in [0.3, 0.4) is 0 Å². The molecule has 3 aromatic heterocycles. The average molecular weight is 2050 g/mol. The number of anilines is 8. The van der Waals surface area contributed by atoms with Crippen LogP contribution in [0.1, 0.15) is 288 Å². The zero-order chi connectivity index (χ0) is 115. The first-order chi connectivity index (χ1) is 71.4. The van der Waals surface area contributed by atoms with Crippen molar-refractivity contribution in [1.82, 2.24) is 45.0 Å². The Morgan fingerprint density at radius 3 is 0.986 bits per heavy atom. The molecule has 29 heteroatoms. The third kappa shape index (κ3) is 90.0. The third-order valence-electron chi connectivity index (χ3n) is 14.4. The topological polar surface area (TPSA) is 418 Å². The molecule has 822 valence electrons. The van der Waals surface area contributed by atoms with Crippen LogP contribution in [0.25, 0.3) is 33.8 Å². The quantitative estimate of drug-likeness (QED) is 0.00500. The Morgan fingerprint density at radius 2 is 0.716 bits per heavy atom. The van der Waals surface area contributed by atoms with Gasteiger partial charge in [-0.3, -0.25) is 49.6 Å². The van der Waals surface area contributed by atoms with Crippen LogP contribution in [0.2, 0.25) is 0 Å². The number of methoxy groups -OCH3 is 1. The molecule has 12 N–H and O–H groups in total. The molecule has 1 unspecified atom stereocenters. The van der Waals surface area contributed by atoms with Gasteiger partial charge in [0.15, 0.2) is 23.9 Å². The number of nitrogens with one attached hydrogen (secondary N) is 5. The molecule has 1 fully saturated rings. The molecule has 1 saturated carbocycles. The number of hydrogen-bond donors (Lipinski definition) is 9. The van der Waals surface area contributed by atoms with Crippen LogP contribution in [-0.4, -0.2) is 133 Å². The number of carbonyl (C=O) groups excluding carboxylic acids is 3. The number of non-ortho nitro benzene ring substituents is 2. The highest BCUT2D eigenvalue weighted by atomic mass is 16.6. The van der Waals surface area contributed by atoms with E-state index in [4.69, 9.17) is 31.8 Å². The zero-order valence-corrected chi connectivity index (χ0v) is 96.8. The van der Waals surface area contributed by atoms with E-state index in [0.29, 0.717) is 34.9 Å². The normalized spacial score (nSPS) is 9.15. The second-order valence-electron chi connectivity index (χ2n) is 28.2. The molecule has 1 aliphatic carbocycles.